The molecule has 4 unspecified atom stereocenters. The molecule has 0 radical (unpaired) electrons. The summed E-state index contributed by atoms with van der Waals surface area (Å²) in [4.78, 5) is 140. The average Bonchev–Trinajstić information content (AvgIpc) is 0.789. The van der Waals surface area contributed by atoms with Gasteiger partial charge in [-0.05, 0) is 167 Å². The smallest absolute Gasteiger partial charge is 0.693 e. The van der Waals surface area contributed by atoms with E-state index < -0.39 is 102 Å². The Kier molecular flexibility index (Phi) is 107. The van der Waals surface area contributed by atoms with Crippen molar-refractivity contribution in [2.45, 2.75) is 212 Å². The summed E-state index contributed by atoms with van der Waals surface area (Å²) >= 11 is 0. The molecule has 0 bridgehead atoms. The van der Waals surface area contributed by atoms with Gasteiger partial charge in [0.2, 0.25) is 0 Å². The number of carboxylic acid groups (broad SMARTS) is 14. The van der Waals surface area contributed by atoms with Crippen LogP contribution in [-0.2, 0) is 203 Å². The maximum Gasteiger partial charge on any atom is 2.00 e. The van der Waals surface area contributed by atoms with E-state index in [1.807, 2.05) is 243 Å². The molecule has 812 valence electrons. The Hall–Kier alpha value is -11.1. The molecule has 0 spiro atoms. The third-order valence-corrected chi connectivity index (χ3v) is 20.4. The molecule has 3 aliphatic rings. The van der Waals surface area contributed by atoms with Gasteiger partial charge in [0.05, 0.1) is 0 Å². The van der Waals surface area contributed by atoms with Crippen molar-refractivity contribution in [2.24, 2.45) is 29.1 Å². The van der Waals surface area contributed by atoms with Crippen molar-refractivity contribution in [1.82, 2.24) is 0 Å². The van der Waals surface area contributed by atoms with E-state index in [9.17, 15) is 67.1 Å². The topological polar surface area (TPSA) is 684 Å². The first-order valence-corrected chi connectivity index (χ1v) is 44.9. The van der Waals surface area contributed by atoms with E-state index in [1.165, 1.54) is 70.2 Å². The van der Waals surface area contributed by atoms with Gasteiger partial charge in [0.25, 0.3) is 0 Å². The maximum atomic E-state index is 10.4. The average molecular weight is 2730 g/mol. The molecule has 3 saturated carbocycles. The van der Waals surface area contributed by atoms with Crippen LogP contribution >= 0.6 is 0 Å². The summed E-state index contributed by atoms with van der Waals surface area (Å²) in [5, 5.41) is 115. The Morgan fingerprint density at radius 2 is 0.340 bits per heavy atom. The van der Waals surface area contributed by atoms with Crippen molar-refractivity contribution in [3.8, 4) is 0 Å². The van der Waals surface area contributed by atoms with Gasteiger partial charge in [0.1, 0.15) is 12.8 Å². The van der Waals surface area contributed by atoms with Crippen molar-refractivity contribution in [1.29, 1.82) is 0 Å². The minimum atomic E-state index is -1.44. The zero-order chi connectivity index (χ0) is 102. The largest absolute Gasteiger partial charge is 2.00 e. The van der Waals surface area contributed by atoms with Gasteiger partial charge in [-0.1, -0.05) is 292 Å². The second-order valence-corrected chi connectivity index (χ2v) is 31.3. The van der Waals surface area contributed by atoms with E-state index in [-0.39, 0.29) is 176 Å². The Morgan fingerprint density at radius 3 is 0.396 bits per heavy atom. The third-order valence-electron chi connectivity index (χ3n) is 20.4. The van der Waals surface area contributed by atoms with Crippen LogP contribution in [0.4, 0.5) is 0 Å². The predicted octanol–water partition coefficient (Wildman–Crippen LogP) is 22.7. The van der Waals surface area contributed by atoms with Gasteiger partial charge in [-0.25, -0.2) is 0 Å². The quantitative estimate of drug-likeness (QED) is 0.0125. The molecule has 34 nitrogen and oxygen atoms in total. The number of nitrogens with two attached hydrogens (primary N) is 2. The summed E-state index contributed by atoms with van der Waals surface area (Å²) in [7, 11) is 0. The number of benzene rings is 8. The standard InChI is InChI=1S/8C10H12O2.2C6H12N2.C6H8O4.2C3H4O4.2CH3.2H2N.4Pt/c8*11-10(12)8-4-7-9-5-2-1-3-6-9;2*7-3-5-1-2-6(5)4-8;7-4(8)6(5(9)10)2-1-3-6;2*4-2(5)1-3(6)7;;;;;;;;/h8*1-3,5-6H,4,7-8H2,(H,11,12);2*5-8H,1-4H2;1-3H2,(H,7,8)(H,9,10);2*1H2,(H,4,5)(H,6,7);2*1H3;2*1H2;;;;/q;;;;;;;;2*-2;;;;4*-1;;;2*+2. The summed E-state index contributed by atoms with van der Waals surface area (Å²) in [6.45, 7) is 2.18. The molecule has 3 aliphatic carbocycles. The van der Waals surface area contributed by atoms with Crippen LogP contribution in [0.2, 0.25) is 0 Å². The molecule has 8 aromatic rings. The molecular weight excluding hydrogens is 2590 g/mol. The number of carboxylic acids is 14. The van der Waals surface area contributed by atoms with E-state index >= 15 is 0 Å². The van der Waals surface area contributed by atoms with Crippen molar-refractivity contribution >= 4 is 83.6 Å². The van der Waals surface area contributed by atoms with Crippen LogP contribution in [0.5, 0.6) is 0 Å². The molecule has 8 aromatic carbocycles. The molecular formula is C106H146N6O28Pt4-4. The number of aryl methyl sites for hydroxylation is 8. The predicted molar refractivity (Wildman–Crippen MR) is 540 cm³/mol. The van der Waals surface area contributed by atoms with Gasteiger partial charge >= 0.3 is 126 Å². The molecule has 3 fully saturated rings. The van der Waals surface area contributed by atoms with Crippen LogP contribution in [0.15, 0.2) is 243 Å². The van der Waals surface area contributed by atoms with Crippen molar-refractivity contribution in [2.75, 3.05) is 26.2 Å². The molecule has 38 heteroatoms. The number of hydrogen-bond donors (Lipinski definition) is 14. The minimum absolute atomic E-state index is 0. The van der Waals surface area contributed by atoms with E-state index in [0.717, 1.165) is 103 Å². The van der Waals surface area contributed by atoms with Gasteiger partial charge in [-0.15, -0.1) is 26.2 Å². The fourth-order valence-electron chi connectivity index (χ4n) is 12.4. The van der Waals surface area contributed by atoms with E-state index in [1.54, 1.807) is 0 Å². The molecule has 11 rings (SSSR count). The molecule has 0 aliphatic heterocycles. The van der Waals surface area contributed by atoms with Gasteiger partial charge in [0.15, 0.2) is 5.41 Å². The number of hydrogen-bond acceptors (Lipinski definition) is 14. The number of carbonyl (C=O) groups is 14. The Balaban J connectivity index is -0.000000169. The van der Waals surface area contributed by atoms with Gasteiger partial charge < -0.3 is 122 Å². The SMILES string of the molecule is O=C(O)C1(C(=O)O)CCC1.O=C(O)CC(=O)O.O=C(O)CC(=O)O.O=C(O)CCCc1ccccc1.O=C(O)CCCc1ccccc1.O=C(O)CCCc1ccccc1.O=C(O)CCCc1ccccc1.O=C(O)CCCc1ccccc1.O=C(O)CCCc1ccccc1.O=C(O)CCCc1ccccc1.O=C(O)CCCc1ccccc1.[CH3-].[CH3-].[NH-]CC1CCC1C[NH-].[NH-]CC1CCC1C[NH-].[NH2-].[NH2-].[Pt+2].[Pt+2].[Pt].[Pt]. The summed E-state index contributed by atoms with van der Waals surface area (Å²) in [6, 6.07) is 79.4. The molecule has 0 saturated heterocycles. The minimum Gasteiger partial charge on any atom is -0.693 e. The Morgan fingerprint density at radius 1 is 0.222 bits per heavy atom. The maximum absolute atomic E-state index is 10.4. The van der Waals surface area contributed by atoms with Gasteiger partial charge in [-0.2, -0.15) is 0 Å². The Bertz CT molecular complexity index is 3820. The Labute approximate surface area is 904 Å². The van der Waals surface area contributed by atoms with Crippen LogP contribution in [0.25, 0.3) is 35.2 Å². The van der Waals surface area contributed by atoms with Crippen LogP contribution in [0, 0.1) is 43.9 Å². The first-order chi connectivity index (χ1) is 64.9. The zero-order valence-electron chi connectivity index (χ0n) is 81.5. The fourth-order valence-corrected chi connectivity index (χ4v) is 12.4. The van der Waals surface area contributed by atoms with Gasteiger partial charge in [-0.3, -0.25) is 67.1 Å². The first kappa shape index (κ1) is 153. The van der Waals surface area contributed by atoms with Crippen molar-refractivity contribution < 1.29 is 223 Å². The van der Waals surface area contributed by atoms with Crippen LogP contribution in [0.3, 0.4) is 0 Å². The number of nitrogens with one attached hydrogen (secondary N) is 4. The van der Waals surface area contributed by atoms with E-state index in [0.29, 0.717) is 56.3 Å². The fraction of sp³-hybridized carbons (Fsp3) is 0.396. The third kappa shape index (κ3) is 92.0. The van der Waals surface area contributed by atoms with Crippen molar-refractivity contribution in [3.63, 3.8) is 0 Å². The van der Waals surface area contributed by atoms with Crippen LogP contribution in [0.1, 0.15) is 205 Å². The van der Waals surface area contributed by atoms with E-state index in [4.69, 9.17) is 94.4 Å². The number of aliphatic carboxylic acids is 14. The zero-order valence-corrected chi connectivity index (χ0v) is 90.6. The number of rotatable bonds is 42. The molecule has 4 atom stereocenters. The monoisotopic (exact) mass is 2730 g/mol. The summed E-state index contributed by atoms with van der Waals surface area (Å²) in [6.07, 6.45) is 19.1. The van der Waals surface area contributed by atoms with Crippen LogP contribution in [-0.4, -0.2) is 181 Å². The normalized spacial score (nSPS) is 12.8. The molecule has 0 amide bonds. The second-order valence-electron chi connectivity index (χ2n) is 31.3. The molecule has 144 heavy (non-hydrogen) atoms. The molecule has 0 heterocycles. The summed E-state index contributed by atoms with van der Waals surface area (Å²) in [5.74, 6) is -11.1. The van der Waals surface area contributed by atoms with Gasteiger partial charge in [0, 0.05) is 93.5 Å². The molecule has 22 N–H and O–H groups in total. The van der Waals surface area contributed by atoms with E-state index in [2.05, 4.69) is 0 Å². The summed E-state index contributed by atoms with van der Waals surface area (Å²) in [5.41, 5.74) is 36.3. The summed E-state index contributed by atoms with van der Waals surface area (Å²) < 4.78 is 0. The first-order valence-electron chi connectivity index (χ1n) is 44.9. The van der Waals surface area contributed by atoms with Crippen LogP contribution < -0.4 is 0 Å². The molecule has 0 aromatic heterocycles. The second kappa shape index (κ2) is 101. The van der Waals surface area contributed by atoms with Crippen molar-refractivity contribution in [3.05, 3.63) is 337 Å².